The van der Waals surface area contributed by atoms with Gasteiger partial charge in [0.25, 0.3) is 0 Å². The number of nitrogens with zero attached hydrogens (tertiary/aromatic N) is 2. The minimum absolute atomic E-state index is 0.150. The molecule has 4 nitrogen and oxygen atoms in total. The first-order valence-electron chi connectivity index (χ1n) is 8.52. The van der Waals surface area contributed by atoms with Gasteiger partial charge in [-0.1, -0.05) is 36.8 Å². The van der Waals surface area contributed by atoms with Crippen LogP contribution in [0.2, 0.25) is 0 Å². The number of amides is 1. The van der Waals surface area contributed by atoms with Crippen molar-refractivity contribution >= 4 is 6.09 Å². The molecule has 2 aliphatic heterocycles. The lowest BCUT2D eigenvalue weighted by molar-refractivity contribution is 0.0817. The summed E-state index contributed by atoms with van der Waals surface area (Å²) in [7, 11) is 0. The SMILES string of the molecule is O=C(OCc1ccccc1)N1CCCC1CN1CCCCC1. The van der Waals surface area contributed by atoms with E-state index < -0.39 is 0 Å². The fourth-order valence-corrected chi connectivity index (χ4v) is 3.51. The van der Waals surface area contributed by atoms with Gasteiger partial charge in [0, 0.05) is 19.1 Å². The smallest absolute Gasteiger partial charge is 0.410 e. The van der Waals surface area contributed by atoms with Gasteiger partial charge in [0.2, 0.25) is 0 Å². The molecule has 4 heteroatoms. The summed E-state index contributed by atoms with van der Waals surface area (Å²) in [6.45, 7) is 4.59. The monoisotopic (exact) mass is 302 g/mol. The highest BCUT2D eigenvalue weighted by Crippen LogP contribution is 2.21. The Labute approximate surface area is 133 Å². The lowest BCUT2D eigenvalue weighted by atomic mass is 10.1. The lowest BCUT2D eigenvalue weighted by Gasteiger charge is -2.32. The molecule has 1 aromatic carbocycles. The van der Waals surface area contributed by atoms with E-state index in [1.807, 2.05) is 35.2 Å². The maximum absolute atomic E-state index is 12.4. The molecule has 0 aliphatic carbocycles. The fraction of sp³-hybridized carbons (Fsp3) is 0.611. The summed E-state index contributed by atoms with van der Waals surface area (Å²) in [6.07, 6.45) is 6.00. The first-order chi connectivity index (χ1) is 10.8. The molecule has 0 radical (unpaired) electrons. The molecular weight excluding hydrogens is 276 g/mol. The molecule has 0 N–H and O–H groups in total. The van der Waals surface area contributed by atoms with Gasteiger partial charge in [-0.3, -0.25) is 0 Å². The molecule has 1 unspecified atom stereocenters. The van der Waals surface area contributed by atoms with E-state index in [4.69, 9.17) is 4.74 Å². The van der Waals surface area contributed by atoms with E-state index in [1.54, 1.807) is 0 Å². The number of hydrogen-bond acceptors (Lipinski definition) is 3. The topological polar surface area (TPSA) is 32.8 Å². The molecule has 2 fully saturated rings. The Morgan fingerprint density at radius 1 is 1.05 bits per heavy atom. The van der Waals surface area contributed by atoms with Gasteiger partial charge < -0.3 is 14.5 Å². The van der Waals surface area contributed by atoms with Gasteiger partial charge in [0.15, 0.2) is 0 Å². The maximum Gasteiger partial charge on any atom is 0.410 e. The predicted octanol–water partition coefficient (Wildman–Crippen LogP) is 3.27. The highest BCUT2D eigenvalue weighted by Gasteiger charge is 2.31. The van der Waals surface area contributed by atoms with Crippen LogP contribution in [-0.4, -0.2) is 48.1 Å². The summed E-state index contributed by atoms with van der Waals surface area (Å²) in [6, 6.07) is 10.2. The third-order valence-corrected chi connectivity index (χ3v) is 4.73. The zero-order valence-corrected chi connectivity index (χ0v) is 13.2. The van der Waals surface area contributed by atoms with Gasteiger partial charge in [0.05, 0.1) is 0 Å². The van der Waals surface area contributed by atoms with Crippen molar-refractivity contribution in [2.24, 2.45) is 0 Å². The Balaban J connectivity index is 1.49. The highest BCUT2D eigenvalue weighted by molar-refractivity contribution is 5.68. The van der Waals surface area contributed by atoms with E-state index >= 15 is 0 Å². The van der Waals surface area contributed by atoms with E-state index in [9.17, 15) is 4.79 Å². The molecule has 1 aromatic rings. The van der Waals surface area contributed by atoms with Crippen molar-refractivity contribution in [1.29, 1.82) is 0 Å². The van der Waals surface area contributed by atoms with Gasteiger partial charge in [-0.25, -0.2) is 4.79 Å². The van der Waals surface area contributed by atoms with Crippen LogP contribution < -0.4 is 0 Å². The first-order valence-corrected chi connectivity index (χ1v) is 8.52. The van der Waals surface area contributed by atoms with Crippen molar-refractivity contribution in [3.63, 3.8) is 0 Å². The van der Waals surface area contributed by atoms with Gasteiger partial charge in [0.1, 0.15) is 6.61 Å². The van der Waals surface area contributed by atoms with E-state index in [0.717, 1.165) is 31.5 Å². The van der Waals surface area contributed by atoms with Crippen LogP contribution in [0, 0.1) is 0 Å². The van der Waals surface area contributed by atoms with Gasteiger partial charge >= 0.3 is 6.09 Å². The minimum atomic E-state index is -0.150. The Kier molecular flexibility index (Phi) is 5.33. The van der Waals surface area contributed by atoms with Crippen LogP contribution in [0.25, 0.3) is 0 Å². The number of carbonyl (C=O) groups is 1. The third kappa shape index (κ3) is 4.01. The van der Waals surface area contributed by atoms with Crippen LogP contribution in [0.3, 0.4) is 0 Å². The Morgan fingerprint density at radius 3 is 2.59 bits per heavy atom. The summed E-state index contributed by atoms with van der Waals surface area (Å²) in [5.41, 5.74) is 1.04. The molecule has 2 aliphatic rings. The van der Waals surface area contributed by atoms with E-state index in [0.29, 0.717) is 12.6 Å². The average Bonchev–Trinajstić information content (AvgIpc) is 3.03. The molecule has 3 rings (SSSR count). The van der Waals surface area contributed by atoms with Crippen molar-refractivity contribution in [3.8, 4) is 0 Å². The summed E-state index contributed by atoms with van der Waals surface area (Å²) in [4.78, 5) is 16.8. The molecule has 1 atom stereocenters. The Hall–Kier alpha value is -1.55. The van der Waals surface area contributed by atoms with Crippen LogP contribution in [0.4, 0.5) is 4.79 Å². The summed E-state index contributed by atoms with van der Waals surface area (Å²) in [5.74, 6) is 0. The quantitative estimate of drug-likeness (QED) is 0.855. The zero-order valence-electron chi connectivity index (χ0n) is 13.2. The first kappa shape index (κ1) is 15.3. The minimum Gasteiger partial charge on any atom is -0.445 e. The van der Waals surface area contributed by atoms with Gasteiger partial charge in [-0.15, -0.1) is 0 Å². The number of hydrogen-bond donors (Lipinski definition) is 0. The maximum atomic E-state index is 12.4. The second kappa shape index (κ2) is 7.63. The molecule has 0 saturated carbocycles. The number of rotatable bonds is 4. The van der Waals surface area contributed by atoms with Gasteiger partial charge in [-0.2, -0.15) is 0 Å². The average molecular weight is 302 g/mol. The molecule has 0 aromatic heterocycles. The van der Waals surface area contributed by atoms with Crippen molar-refractivity contribution in [2.75, 3.05) is 26.2 Å². The number of piperidine rings is 1. The summed E-state index contributed by atoms with van der Waals surface area (Å²) < 4.78 is 5.50. The lowest BCUT2D eigenvalue weighted by Crippen LogP contribution is -2.44. The van der Waals surface area contributed by atoms with E-state index in [2.05, 4.69) is 4.90 Å². The largest absolute Gasteiger partial charge is 0.445 e. The van der Waals surface area contributed by atoms with Gasteiger partial charge in [-0.05, 0) is 44.3 Å². The van der Waals surface area contributed by atoms with Crippen LogP contribution in [0.1, 0.15) is 37.7 Å². The zero-order chi connectivity index (χ0) is 15.2. The third-order valence-electron chi connectivity index (χ3n) is 4.73. The molecule has 120 valence electrons. The van der Waals surface area contributed by atoms with Crippen LogP contribution >= 0.6 is 0 Å². The second-order valence-electron chi connectivity index (χ2n) is 6.39. The Morgan fingerprint density at radius 2 is 1.82 bits per heavy atom. The second-order valence-corrected chi connectivity index (χ2v) is 6.39. The molecule has 2 saturated heterocycles. The van der Waals surface area contributed by atoms with Crippen LogP contribution in [0.5, 0.6) is 0 Å². The van der Waals surface area contributed by atoms with Crippen molar-refractivity contribution < 1.29 is 9.53 Å². The molecule has 0 bridgehead atoms. The van der Waals surface area contributed by atoms with Crippen LogP contribution in [0.15, 0.2) is 30.3 Å². The summed E-state index contributed by atoms with van der Waals surface area (Å²) >= 11 is 0. The van der Waals surface area contributed by atoms with E-state index in [1.165, 1.54) is 32.4 Å². The number of benzene rings is 1. The molecule has 1 amide bonds. The predicted molar refractivity (Wildman–Crippen MR) is 86.6 cm³/mol. The Bertz CT molecular complexity index is 471. The molecule has 0 spiro atoms. The van der Waals surface area contributed by atoms with Crippen molar-refractivity contribution in [2.45, 2.75) is 44.8 Å². The standard InChI is InChI=1S/C18H26N2O2/c21-18(22-15-16-8-3-1-4-9-16)20-13-7-10-17(20)14-19-11-5-2-6-12-19/h1,3-4,8-9,17H,2,5-7,10-15H2. The number of ether oxygens (including phenoxy) is 1. The fourth-order valence-electron chi connectivity index (χ4n) is 3.51. The normalized spacial score (nSPS) is 22.7. The molecule has 22 heavy (non-hydrogen) atoms. The number of likely N-dealkylation sites (tertiary alicyclic amines) is 2. The van der Waals surface area contributed by atoms with E-state index in [-0.39, 0.29) is 6.09 Å². The molecular formula is C18H26N2O2. The van der Waals surface area contributed by atoms with Crippen LogP contribution in [-0.2, 0) is 11.3 Å². The summed E-state index contributed by atoms with van der Waals surface area (Å²) in [5, 5.41) is 0. The number of carbonyl (C=O) groups excluding carboxylic acids is 1. The van der Waals surface area contributed by atoms with Crippen molar-refractivity contribution in [3.05, 3.63) is 35.9 Å². The molecule has 2 heterocycles. The van der Waals surface area contributed by atoms with Crippen molar-refractivity contribution in [1.82, 2.24) is 9.80 Å². The highest BCUT2D eigenvalue weighted by atomic mass is 16.6.